The lowest BCUT2D eigenvalue weighted by atomic mass is 10.1. The van der Waals surface area contributed by atoms with Crippen molar-refractivity contribution in [2.24, 2.45) is 0 Å². The Morgan fingerprint density at radius 2 is 2.25 bits per heavy atom. The summed E-state index contributed by atoms with van der Waals surface area (Å²) in [5.74, 6) is -0.220. The van der Waals surface area contributed by atoms with Crippen molar-refractivity contribution in [2.75, 3.05) is 6.61 Å². The van der Waals surface area contributed by atoms with E-state index in [0.717, 1.165) is 0 Å². The third-order valence-corrected chi connectivity index (χ3v) is 1.62. The van der Waals surface area contributed by atoms with Gasteiger partial charge in [-0.25, -0.2) is 4.39 Å². The quantitative estimate of drug-likeness (QED) is 0.713. The molecule has 2 heteroatoms. The highest BCUT2D eigenvalue weighted by Crippen LogP contribution is 2.12. The maximum Gasteiger partial charge on any atom is 0.133 e. The second-order valence-electron chi connectivity index (χ2n) is 2.56. The fraction of sp³-hybridized carbons (Fsp3) is 0.200. The number of aliphatic hydroxyl groups is 1. The molecular weight excluding hydrogens is 155 g/mol. The zero-order valence-corrected chi connectivity index (χ0v) is 6.92. The summed E-state index contributed by atoms with van der Waals surface area (Å²) in [5.41, 5.74) is 1.14. The molecule has 0 aliphatic carbocycles. The van der Waals surface area contributed by atoms with Crippen molar-refractivity contribution in [3.8, 4) is 0 Å². The van der Waals surface area contributed by atoms with E-state index in [9.17, 15) is 4.39 Å². The van der Waals surface area contributed by atoms with E-state index in [4.69, 9.17) is 5.11 Å². The molecule has 0 unspecified atom stereocenters. The summed E-state index contributed by atoms with van der Waals surface area (Å²) in [6.45, 7) is 1.65. The van der Waals surface area contributed by atoms with Crippen LogP contribution >= 0.6 is 0 Å². The zero-order chi connectivity index (χ0) is 8.97. The molecule has 0 amide bonds. The molecule has 1 nitrogen and oxygen atoms in total. The number of aliphatic hydroxyl groups excluding tert-OH is 1. The van der Waals surface area contributed by atoms with Crippen LogP contribution in [0.4, 0.5) is 4.39 Å². The van der Waals surface area contributed by atoms with Crippen molar-refractivity contribution in [1.29, 1.82) is 0 Å². The lowest BCUT2D eigenvalue weighted by Crippen LogP contribution is -1.86. The fourth-order valence-corrected chi connectivity index (χ4v) is 0.979. The van der Waals surface area contributed by atoms with Crippen LogP contribution in [0.15, 0.2) is 24.3 Å². The maximum atomic E-state index is 13.2. The molecule has 0 bridgehead atoms. The van der Waals surface area contributed by atoms with E-state index in [0.29, 0.717) is 11.1 Å². The van der Waals surface area contributed by atoms with E-state index in [-0.39, 0.29) is 12.4 Å². The number of rotatable bonds is 2. The molecule has 64 valence electrons. The van der Waals surface area contributed by atoms with Crippen molar-refractivity contribution >= 4 is 6.08 Å². The topological polar surface area (TPSA) is 20.2 Å². The number of aryl methyl sites for hydroxylation is 1. The monoisotopic (exact) mass is 166 g/mol. The molecular formula is C10H11FO. The summed E-state index contributed by atoms with van der Waals surface area (Å²) in [4.78, 5) is 0. The summed E-state index contributed by atoms with van der Waals surface area (Å²) in [6, 6.07) is 5.18. The van der Waals surface area contributed by atoms with E-state index in [1.54, 1.807) is 31.2 Å². The molecule has 0 spiro atoms. The molecule has 12 heavy (non-hydrogen) atoms. The molecule has 1 N–H and O–H groups in total. The average Bonchev–Trinajstić information content (AvgIpc) is 2.08. The Hall–Kier alpha value is -1.15. The van der Waals surface area contributed by atoms with Crippen LogP contribution in [0.5, 0.6) is 0 Å². The van der Waals surface area contributed by atoms with E-state index in [2.05, 4.69) is 0 Å². The van der Waals surface area contributed by atoms with Crippen molar-refractivity contribution < 1.29 is 9.50 Å². The Kier molecular flexibility index (Phi) is 3.00. The zero-order valence-electron chi connectivity index (χ0n) is 6.92. The lowest BCUT2D eigenvalue weighted by molar-refractivity contribution is 0.343. The molecule has 0 aliphatic heterocycles. The second-order valence-corrected chi connectivity index (χ2v) is 2.56. The maximum absolute atomic E-state index is 13.2. The van der Waals surface area contributed by atoms with E-state index in [1.807, 2.05) is 0 Å². The summed E-state index contributed by atoms with van der Waals surface area (Å²) >= 11 is 0. The molecule has 0 radical (unpaired) electrons. The van der Waals surface area contributed by atoms with Gasteiger partial charge in [-0.15, -0.1) is 0 Å². The van der Waals surface area contributed by atoms with Crippen LogP contribution in [0.3, 0.4) is 0 Å². The Balaban J connectivity index is 3.00. The number of benzene rings is 1. The molecule has 0 saturated heterocycles. The summed E-state index contributed by atoms with van der Waals surface area (Å²) in [6.07, 6.45) is 3.08. The lowest BCUT2D eigenvalue weighted by Gasteiger charge is -1.98. The van der Waals surface area contributed by atoms with Gasteiger partial charge in [-0.05, 0) is 12.5 Å². The Labute approximate surface area is 71.2 Å². The van der Waals surface area contributed by atoms with Gasteiger partial charge in [-0.3, -0.25) is 0 Å². The van der Waals surface area contributed by atoms with Crippen LogP contribution in [0, 0.1) is 12.7 Å². The SMILES string of the molecule is Cc1cccc(/C=C/CO)c1F. The minimum atomic E-state index is -0.220. The first-order valence-electron chi connectivity index (χ1n) is 3.78. The van der Waals surface area contributed by atoms with Crippen LogP contribution in [0.2, 0.25) is 0 Å². The molecule has 0 saturated carbocycles. The van der Waals surface area contributed by atoms with Gasteiger partial charge < -0.3 is 5.11 Å². The molecule has 0 aromatic heterocycles. The normalized spacial score (nSPS) is 10.9. The van der Waals surface area contributed by atoms with Crippen LogP contribution in [-0.2, 0) is 0 Å². The Morgan fingerprint density at radius 3 is 2.92 bits per heavy atom. The first kappa shape index (κ1) is 8.94. The average molecular weight is 166 g/mol. The molecule has 1 aromatic rings. The van der Waals surface area contributed by atoms with Gasteiger partial charge in [-0.2, -0.15) is 0 Å². The van der Waals surface area contributed by atoms with E-state index >= 15 is 0 Å². The van der Waals surface area contributed by atoms with Crippen molar-refractivity contribution in [2.45, 2.75) is 6.92 Å². The van der Waals surface area contributed by atoms with Gasteiger partial charge in [-0.1, -0.05) is 30.4 Å². The first-order chi connectivity index (χ1) is 5.75. The Morgan fingerprint density at radius 1 is 1.50 bits per heavy atom. The smallest absolute Gasteiger partial charge is 0.133 e. The van der Waals surface area contributed by atoms with Gasteiger partial charge in [0.15, 0.2) is 0 Å². The third kappa shape index (κ3) is 1.92. The predicted molar refractivity (Wildman–Crippen MR) is 47.3 cm³/mol. The highest BCUT2D eigenvalue weighted by Gasteiger charge is 1.99. The van der Waals surface area contributed by atoms with Gasteiger partial charge in [0.1, 0.15) is 5.82 Å². The molecule has 0 fully saturated rings. The minimum absolute atomic E-state index is 0.0621. The number of halogens is 1. The fourth-order valence-electron chi connectivity index (χ4n) is 0.979. The highest BCUT2D eigenvalue weighted by molar-refractivity contribution is 5.51. The van der Waals surface area contributed by atoms with Crippen LogP contribution in [-0.4, -0.2) is 11.7 Å². The molecule has 1 aromatic carbocycles. The second kappa shape index (κ2) is 4.02. The summed E-state index contributed by atoms with van der Waals surface area (Å²) in [7, 11) is 0. The van der Waals surface area contributed by atoms with Gasteiger partial charge >= 0.3 is 0 Å². The van der Waals surface area contributed by atoms with Gasteiger partial charge in [0.05, 0.1) is 6.61 Å². The largest absolute Gasteiger partial charge is 0.392 e. The van der Waals surface area contributed by atoms with Gasteiger partial charge in [0.2, 0.25) is 0 Å². The minimum Gasteiger partial charge on any atom is -0.392 e. The molecule has 0 aliphatic rings. The highest BCUT2D eigenvalue weighted by atomic mass is 19.1. The van der Waals surface area contributed by atoms with Gasteiger partial charge in [0, 0.05) is 5.56 Å². The summed E-state index contributed by atoms with van der Waals surface area (Å²) < 4.78 is 13.2. The molecule has 1 rings (SSSR count). The van der Waals surface area contributed by atoms with Crippen LogP contribution < -0.4 is 0 Å². The van der Waals surface area contributed by atoms with Crippen molar-refractivity contribution in [3.05, 3.63) is 41.2 Å². The van der Waals surface area contributed by atoms with Gasteiger partial charge in [0.25, 0.3) is 0 Å². The molecule has 0 atom stereocenters. The number of hydrogen-bond acceptors (Lipinski definition) is 1. The first-order valence-corrected chi connectivity index (χ1v) is 3.78. The number of hydrogen-bond donors (Lipinski definition) is 1. The van der Waals surface area contributed by atoms with Crippen LogP contribution in [0.25, 0.3) is 6.08 Å². The third-order valence-electron chi connectivity index (χ3n) is 1.62. The summed E-state index contributed by atoms with van der Waals surface area (Å²) in [5, 5.41) is 8.48. The van der Waals surface area contributed by atoms with E-state index < -0.39 is 0 Å². The predicted octanol–water partition coefficient (Wildman–Crippen LogP) is 2.14. The Bertz CT molecular complexity index is 292. The van der Waals surface area contributed by atoms with E-state index in [1.165, 1.54) is 6.08 Å². The van der Waals surface area contributed by atoms with Crippen LogP contribution in [0.1, 0.15) is 11.1 Å². The van der Waals surface area contributed by atoms with Crippen molar-refractivity contribution in [3.63, 3.8) is 0 Å². The standard InChI is InChI=1S/C10H11FO/c1-8-4-2-5-9(10(8)11)6-3-7-12/h2-6,12H,7H2,1H3/b6-3+. The molecule has 0 heterocycles. The van der Waals surface area contributed by atoms with Crippen molar-refractivity contribution in [1.82, 2.24) is 0 Å².